The molecule has 2 N–H and O–H groups in total. The maximum Gasteiger partial charge on any atom is 0.00766 e. The van der Waals surface area contributed by atoms with Crippen molar-refractivity contribution < 1.29 is 0 Å². The van der Waals surface area contributed by atoms with Crippen molar-refractivity contribution in [3.05, 3.63) is 0 Å². The molecule has 0 amide bonds. The molecule has 0 aromatic carbocycles. The Labute approximate surface area is 92.9 Å². The van der Waals surface area contributed by atoms with Crippen LogP contribution in [-0.4, -0.2) is 26.7 Å². The van der Waals surface area contributed by atoms with E-state index in [1.54, 1.807) is 0 Å². The molecule has 0 unspecified atom stereocenters. The minimum atomic E-state index is 1.07. The van der Waals surface area contributed by atoms with Crippen LogP contribution < -0.4 is 10.6 Å². The quantitative estimate of drug-likeness (QED) is 0.675. The highest BCUT2D eigenvalue weighted by Gasteiger charge is 1.79. The van der Waals surface area contributed by atoms with E-state index in [2.05, 4.69) is 17.6 Å². The van der Waals surface area contributed by atoms with E-state index < -0.39 is 0 Å². The van der Waals surface area contributed by atoms with Crippen molar-refractivity contribution >= 4 is 0 Å². The first-order chi connectivity index (χ1) is 6.91. The fourth-order valence-electron chi connectivity index (χ4n) is 0.515. The van der Waals surface area contributed by atoms with Crippen LogP contribution in [0.5, 0.6) is 0 Å². The predicted molar refractivity (Wildman–Crippen MR) is 71.1 cm³/mol. The van der Waals surface area contributed by atoms with Gasteiger partial charge in [0.25, 0.3) is 0 Å². The highest BCUT2D eigenvalue weighted by molar-refractivity contribution is 4.45. The van der Waals surface area contributed by atoms with E-state index in [4.69, 9.17) is 0 Å². The van der Waals surface area contributed by atoms with Crippen LogP contribution >= 0.6 is 0 Å². The molecular weight excluding hydrogens is 172 g/mol. The van der Waals surface area contributed by atoms with Crippen LogP contribution in [0, 0.1) is 0 Å². The number of hydrogen-bond acceptors (Lipinski definition) is 2. The van der Waals surface area contributed by atoms with Crippen molar-refractivity contribution in [1.82, 2.24) is 10.6 Å². The maximum absolute atomic E-state index is 3.27. The summed E-state index contributed by atoms with van der Waals surface area (Å²) in [5.74, 6) is 0. The van der Waals surface area contributed by atoms with Crippen LogP contribution in [0.4, 0.5) is 0 Å². The molecule has 0 aliphatic carbocycles. The summed E-state index contributed by atoms with van der Waals surface area (Å²) in [6.45, 7) is 17.5. The molecule has 0 rings (SSSR count). The summed E-state index contributed by atoms with van der Waals surface area (Å²) in [4.78, 5) is 0. The first kappa shape index (κ1) is 23.6. The predicted octanol–water partition coefficient (Wildman–Crippen LogP) is 3.28. The van der Waals surface area contributed by atoms with Crippen molar-refractivity contribution in [2.24, 2.45) is 0 Å². The minimum absolute atomic E-state index is 1.07. The first-order valence-corrected chi connectivity index (χ1v) is 6.27. The van der Waals surface area contributed by atoms with Crippen LogP contribution in [-0.2, 0) is 0 Å². The zero-order chi connectivity index (χ0) is 12.2. The van der Waals surface area contributed by atoms with Crippen molar-refractivity contribution in [2.75, 3.05) is 26.7 Å². The Kier molecular flexibility index (Phi) is 88.3. The molecule has 0 atom stereocenters. The van der Waals surface area contributed by atoms with Gasteiger partial charge in [0.1, 0.15) is 0 Å². The Morgan fingerprint density at radius 2 is 1.14 bits per heavy atom. The van der Waals surface area contributed by atoms with E-state index in [0.29, 0.717) is 0 Å². The lowest BCUT2D eigenvalue weighted by Gasteiger charge is -1.99. The fraction of sp³-hybridized carbons (Fsp3) is 1.00. The minimum Gasteiger partial charge on any atom is -0.318 e. The van der Waals surface area contributed by atoms with Crippen molar-refractivity contribution in [2.45, 2.75) is 54.9 Å². The smallest absolute Gasteiger partial charge is 0.00766 e. The fourth-order valence-corrected chi connectivity index (χ4v) is 0.515. The Morgan fingerprint density at radius 1 is 0.714 bits per heavy atom. The van der Waals surface area contributed by atoms with Gasteiger partial charge in [0.15, 0.2) is 0 Å². The number of hydrogen-bond donors (Lipinski definition) is 2. The van der Waals surface area contributed by atoms with Crippen molar-refractivity contribution in [1.29, 1.82) is 0 Å². The third-order valence-electron chi connectivity index (χ3n) is 0.979. The molecule has 0 aliphatic heterocycles. The van der Waals surface area contributed by atoms with E-state index in [9.17, 15) is 0 Å². The number of nitrogens with one attached hydrogen (secondary N) is 2. The molecule has 0 spiro atoms. The van der Waals surface area contributed by atoms with E-state index in [-0.39, 0.29) is 0 Å². The Hall–Kier alpha value is -0.0800. The molecule has 0 fully saturated rings. The van der Waals surface area contributed by atoms with E-state index >= 15 is 0 Å². The van der Waals surface area contributed by atoms with Gasteiger partial charge in [-0.1, -0.05) is 48.5 Å². The summed E-state index contributed by atoms with van der Waals surface area (Å²) in [7, 11) is 1.97. The standard InChI is InChI=1S/C6H16N2.3C2H6/c1-3-4-8-6-5-7-2;3*1-2/h7-8H,3-6H2,1-2H3;3*1-2H3. The average molecular weight is 206 g/mol. The molecule has 0 saturated carbocycles. The monoisotopic (exact) mass is 206 g/mol. The molecule has 0 aromatic rings. The van der Waals surface area contributed by atoms with Crippen molar-refractivity contribution in [3.8, 4) is 0 Å². The summed E-state index contributed by atoms with van der Waals surface area (Å²) >= 11 is 0. The van der Waals surface area contributed by atoms with Gasteiger partial charge < -0.3 is 10.6 Å². The molecule has 0 aliphatic rings. The molecular formula is C12H34N2. The second-order valence-corrected chi connectivity index (χ2v) is 1.85. The largest absolute Gasteiger partial charge is 0.318 e. The Morgan fingerprint density at radius 3 is 1.43 bits per heavy atom. The van der Waals surface area contributed by atoms with Crippen molar-refractivity contribution in [3.63, 3.8) is 0 Å². The van der Waals surface area contributed by atoms with Gasteiger partial charge >= 0.3 is 0 Å². The van der Waals surface area contributed by atoms with E-state index in [0.717, 1.165) is 19.6 Å². The maximum atomic E-state index is 3.27. The van der Waals surface area contributed by atoms with Crippen LogP contribution in [0.3, 0.4) is 0 Å². The highest BCUT2D eigenvalue weighted by Crippen LogP contribution is 1.66. The Balaban J connectivity index is -0.0000000708. The Bertz CT molecular complexity index is 33.3. The SMILES string of the molecule is CC.CC.CC.CCCNCCNC. The zero-order valence-corrected chi connectivity index (χ0v) is 11.8. The van der Waals surface area contributed by atoms with Crippen LogP contribution in [0.15, 0.2) is 0 Å². The van der Waals surface area contributed by atoms with Gasteiger partial charge in [0.2, 0.25) is 0 Å². The summed E-state index contributed by atoms with van der Waals surface area (Å²) in [6.07, 6.45) is 1.23. The van der Waals surface area contributed by atoms with Gasteiger partial charge in [-0.05, 0) is 20.0 Å². The summed E-state index contributed by atoms with van der Waals surface area (Å²) in [6, 6.07) is 0. The lowest BCUT2D eigenvalue weighted by Crippen LogP contribution is -2.25. The molecule has 0 bridgehead atoms. The second-order valence-electron chi connectivity index (χ2n) is 1.85. The molecule has 0 heterocycles. The van der Waals surface area contributed by atoms with Gasteiger partial charge in [0, 0.05) is 13.1 Å². The van der Waals surface area contributed by atoms with E-state index in [1.165, 1.54) is 6.42 Å². The van der Waals surface area contributed by atoms with Gasteiger partial charge in [0.05, 0.1) is 0 Å². The topological polar surface area (TPSA) is 24.1 Å². The van der Waals surface area contributed by atoms with Crippen LogP contribution in [0.25, 0.3) is 0 Å². The lowest BCUT2D eigenvalue weighted by molar-refractivity contribution is 0.641. The van der Waals surface area contributed by atoms with Crippen LogP contribution in [0.1, 0.15) is 54.9 Å². The third kappa shape index (κ3) is 58.7. The van der Waals surface area contributed by atoms with Gasteiger partial charge in [-0.2, -0.15) is 0 Å². The number of rotatable bonds is 5. The average Bonchev–Trinajstić information content (AvgIpc) is 2.33. The highest BCUT2D eigenvalue weighted by atomic mass is 14.9. The second kappa shape index (κ2) is 52.4. The first-order valence-electron chi connectivity index (χ1n) is 6.27. The molecule has 2 heteroatoms. The molecule has 0 saturated heterocycles. The van der Waals surface area contributed by atoms with Gasteiger partial charge in [-0.15, -0.1) is 0 Å². The lowest BCUT2D eigenvalue weighted by atomic mass is 10.5. The molecule has 0 radical (unpaired) electrons. The molecule has 2 nitrogen and oxygen atoms in total. The zero-order valence-electron chi connectivity index (χ0n) is 11.8. The molecule has 0 aromatic heterocycles. The van der Waals surface area contributed by atoms with Gasteiger partial charge in [-0.25, -0.2) is 0 Å². The third-order valence-corrected chi connectivity index (χ3v) is 0.979. The van der Waals surface area contributed by atoms with E-state index in [1.807, 2.05) is 48.6 Å². The molecule has 92 valence electrons. The number of likely N-dealkylation sites (N-methyl/N-ethyl adjacent to an activating group) is 1. The van der Waals surface area contributed by atoms with Gasteiger partial charge in [-0.3, -0.25) is 0 Å². The summed E-state index contributed by atoms with van der Waals surface area (Å²) < 4.78 is 0. The summed E-state index contributed by atoms with van der Waals surface area (Å²) in [5, 5.41) is 6.34. The van der Waals surface area contributed by atoms with Crippen LogP contribution in [0.2, 0.25) is 0 Å². The molecule has 14 heavy (non-hydrogen) atoms. The summed E-state index contributed by atoms with van der Waals surface area (Å²) in [5.41, 5.74) is 0. The normalized spacial score (nSPS) is 6.86.